The molecule has 1 saturated carbocycles. The van der Waals surface area contributed by atoms with Crippen LogP contribution in [0.25, 0.3) is 0 Å². The Balaban J connectivity index is 1.45. The number of aryl methyl sites for hydroxylation is 1. The molecule has 1 fully saturated rings. The average molecular weight is 447 g/mol. The van der Waals surface area contributed by atoms with Crippen LogP contribution in [0.5, 0.6) is 0 Å². The number of rotatable bonds is 5. The zero-order chi connectivity index (χ0) is 22.7. The third-order valence-corrected chi connectivity index (χ3v) is 6.41. The van der Waals surface area contributed by atoms with Crippen LogP contribution < -0.4 is 5.32 Å². The van der Waals surface area contributed by atoms with Crippen LogP contribution in [0.1, 0.15) is 53.1 Å². The molecule has 2 N–H and O–H groups in total. The normalized spacial score (nSPS) is 14.6. The van der Waals surface area contributed by atoms with Gasteiger partial charge in [-0.2, -0.15) is 4.37 Å². The fourth-order valence-electron chi connectivity index (χ4n) is 3.44. The standard InChI is InChI=1S/C25H22N2O4S/c1-16-22(26-24(30)31-17(2)19-6-4-3-5-7-19)21(32-27-16)13-10-18-8-11-20(12-9-18)25(14-15-25)23(28)29/h3-9,11-12,17H,14-15H2,1-2H3,(H,26,30)(H,28,29). The number of amides is 1. The number of nitrogens with zero attached hydrogens (tertiary/aromatic N) is 1. The highest BCUT2D eigenvalue weighted by molar-refractivity contribution is 7.07. The summed E-state index contributed by atoms with van der Waals surface area (Å²) in [5.41, 5.74) is 2.94. The predicted molar refractivity (Wildman–Crippen MR) is 123 cm³/mol. The summed E-state index contributed by atoms with van der Waals surface area (Å²) in [6.07, 6.45) is 0.375. The molecule has 1 unspecified atom stereocenters. The molecule has 1 aromatic heterocycles. The van der Waals surface area contributed by atoms with Gasteiger partial charge in [0.1, 0.15) is 11.0 Å². The molecule has 0 aliphatic heterocycles. The second kappa shape index (κ2) is 8.85. The van der Waals surface area contributed by atoms with Crippen molar-refractivity contribution in [1.82, 2.24) is 4.37 Å². The lowest BCUT2D eigenvalue weighted by Gasteiger charge is -2.14. The molecule has 0 spiro atoms. The first-order valence-electron chi connectivity index (χ1n) is 10.2. The molecule has 0 bridgehead atoms. The molecular formula is C25H22N2O4S. The topological polar surface area (TPSA) is 88.5 Å². The highest BCUT2D eigenvalue weighted by atomic mass is 32.1. The predicted octanol–water partition coefficient (Wildman–Crippen LogP) is 5.28. The van der Waals surface area contributed by atoms with Gasteiger partial charge in [-0.05, 0) is 67.4 Å². The molecule has 1 amide bonds. The highest BCUT2D eigenvalue weighted by Gasteiger charge is 2.51. The minimum atomic E-state index is -0.777. The van der Waals surface area contributed by atoms with Crippen LogP contribution >= 0.6 is 11.5 Å². The minimum absolute atomic E-state index is 0.392. The van der Waals surface area contributed by atoms with E-state index in [1.807, 2.05) is 61.5 Å². The molecule has 32 heavy (non-hydrogen) atoms. The van der Waals surface area contributed by atoms with Crippen LogP contribution in [-0.2, 0) is 14.9 Å². The number of hydrogen-bond acceptors (Lipinski definition) is 5. The summed E-state index contributed by atoms with van der Waals surface area (Å²) in [6.45, 7) is 3.61. The fourth-order valence-corrected chi connectivity index (χ4v) is 4.15. The minimum Gasteiger partial charge on any atom is -0.481 e. The van der Waals surface area contributed by atoms with Gasteiger partial charge in [0, 0.05) is 5.56 Å². The zero-order valence-corrected chi connectivity index (χ0v) is 18.5. The summed E-state index contributed by atoms with van der Waals surface area (Å²) >= 11 is 1.20. The highest BCUT2D eigenvalue weighted by Crippen LogP contribution is 2.48. The van der Waals surface area contributed by atoms with Crippen molar-refractivity contribution < 1.29 is 19.4 Å². The number of carboxylic acid groups (broad SMARTS) is 1. The Kier molecular flexibility index (Phi) is 5.97. The van der Waals surface area contributed by atoms with E-state index in [0.29, 0.717) is 29.1 Å². The van der Waals surface area contributed by atoms with Gasteiger partial charge < -0.3 is 9.84 Å². The SMILES string of the molecule is Cc1nsc(C#Cc2ccc(C3(C(=O)O)CC3)cc2)c1NC(=O)OC(C)c1ccccc1. The van der Waals surface area contributed by atoms with Gasteiger partial charge in [-0.1, -0.05) is 48.4 Å². The summed E-state index contributed by atoms with van der Waals surface area (Å²) < 4.78 is 9.78. The van der Waals surface area contributed by atoms with Gasteiger partial charge in [-0.3, -0.25) is 10.1 Å². The number of carbonyl (C=O) groups is 2. The Morgan fingerprint density at radius 2 is 1.81 bits per heavy atom. The summed E-state index contributed by atoms with van der Waals surface area (Å²) in [7, 11) is 0. The number of aliphatic carboxylic acids is 1. The molecule has 0 saturated heterocycles. The lowest BCUT2D eigenvalue weighted by atomic mass is 9.95. The lowest BCUT2D eigenvalue weighted by molar-refractivity contribution is -0.140. The van der Waals surface area contributed by atoms with Crippen LogP contribution in [-0.4, -0.2) is 21.5 Å². The summed E-state index contributed by atoms with van der Waals surface area (Å²) in [4.78, 5) is 24.5. The van der Waals surface area contributed by atoms with Crippen molar-refractivity contribution in [3.05, 3.63) is 81.9 Å². The molecule has 162 valence electrons. The van der Waals surface area contributed by atoms with Crippen molar-refractivity contribution in [2.45, 2.75) is 38.2 Å². The maximum atomic E-state index is 12.4. The van der Waals surface area contributed by atoms with Gasteiger partial charge in [0.15, 0.2) is 0 Å². The molecule has 3 aromatic rings. The number of ether oxygens (including phenoxy) is 1. The van der Waals surface area contributed by atoms with Crippen molar-refractivity contribution in [2.75, 3.05) is 5.32 Å². The summed E-state index contributed by atoms with van der Waals surface area (Å²) in [5.74, 6) is 5.34. The summed E-state index contributed by atoms with van der Waals surface area (Å²) in [6, 6.07) is 16.8. The van der Waals surface area contributed by atoms with Gasteiger partial charge >= 0.3 is 12.1 Å². The number of anilines is 1. The van der Waals surface area contributed by atoms with E-state index in [0.717, 1.165) is 16.7 Å². The third-order valence-electron chi connectivity index (χ3n) is 5.56. The quantitative estimate of drug-likeness (QED) is 0.521. The Hall–Kier alpha value is -3.63. The lowest BCUT2D eigenvalue weighted by Crippen LogP contribution is -2.19. The number of aromatic nitrogens is 1. The molecule has 4 rings (SSSR count). The molecule has 7 heteroatoms. The van der Waals surface area contributed by atoms with Crippen LogP contribution in [0.4, 0.5) is 10.5 Å². The van der Waals surface area contributed by atoms with E-state index in [2.05, 4.69) is 21.5 Å². The largest absolute Gasteiger partial charge is 0.481 e. The molecule has 6 nitrogen and oxygen atoms in total. The van der Waals surface area contributed by atoms with Crippen molar-refractivity contribution in [3.8, 4) is 11.8 Å². The van der Waals surface area contributed by atoms with E-state index in [4.69, 9.17) is 4.74 Å². The monoisotopic (exact) mass is 446 g/mol. The van der Waals surface area contributed by atoms with Crippen molar-refractivity contribution in [3.63, 3.8) is 0 Å². The maximum Gasteiger partial charge on any atom is 0.412 e. The Labute approximate surface area is 190 Å². The maximum absolute atomic E-state index is 12.4. The third kappa shape index (κ3) is 4.51. The van der Waals surface area contributed by atoms with E-state index in [1.165, 1.54) is 11.5 Å². The first-order chi connectivity index (χ1) is 15.4. The van der Waals surface area contributed by atoms with E-state index < -0.39 is 23.6 Å². The fraction of sp³-hybridized carbons (Fsp3) is 0.240. The first-order valence-corrected chi connectivity index (χ1v) is 11.0. The molecular weight excluding hydrogens is 424 g/mol. The van der Waals surface area contributed by atoms with Crippen molar-refractivity contribution >= 4 is 29.3 Å². The molecule has 1 atom stereocenters. The number of nitrogens with one attached hydrogen (secondary N) is 1. The van der Waals surface area contributed by atoms with E-state index in [9.17, 15) is 14.7 Å². The van der Waals surface area contributed by atoms with Gasteiger partial charge in [-0.15, -0.1) is 0 Å². The van der Waals surface area contributed by atoms with Gasteiger partial charge in [0.05, 0.1) is 16.8 Å². The molecule has 1 aliphatic carbocycles. The summed E-state index contributed by atoms with van der Waals surface area (Å²) in [5, 5.41) is 12.2. The van der Waals surface area contributed by atoms with Crippen LogP contribution in [0.3, 0.4) is 0 Å². The Bertz CT molecular complexity index is 1200. The average Bonchev–Trinajstić information content (AvgIpc) is 3.54. The number of benzene rings is 2. The number of carbonyl (C=O) groups excluding carboxylic acids is 1. The smallest absolute Gasteiger partial charge is 0.412 e. The molecule has 1 heterocycles. The molecule has 1 aliphatic rings. The zero-order valence-electron chi connectivity index (χ0n) is 17.7. The van der Waals surface area contributed by atoms with Gasteiger partial charge in [-0.25, -0.2) is 4.79 Å². The number of carboxylic acids is 1. The molecule has 0 radical (unpaired) electrons. The Morgan fingerprint density at radius 1 is 1.12 bits per heavy atom. The second-order valence-corrected chi connectivity index (χ2v) is 8.54. The van der Waals surface area contributed by atoms with E-state index in [1.54, 1.807) is 6.92 Å². The van der Waals surface area contributed by atoms with Crippen LogP contribution in [0.15, 0.2) is 54.6 Å². The number of hydrogen-bond donors (Lipinski definition) is 2. The second-order valence-electron chi connectivity index (χ2n) is 7.77. The molecule has 2 aromatic carbocycles. The van der Waals surface area contributed by atoms with Gasteiger partial charge in [0.25, 0.3) is 0 Å². The van der Waals surface area contributed by atoms with Crippen molar-refractivity contribution in [1.29, 1.82) is 0 Å². The Morgan fingerprint density at radius 3 is 2.44 bits per heavy atom. The van der Waals surface area contributed by atoms with E-state index in [-0.39, 0.29) is 0 Å². The van der Waals surface area contributed by atoms with Crippen molar-refractivity contribution in [2.24, 2.45) is 0 Å². The van der Waals surface area contributed by atoms with Gasteiger partial charge in [0.2, 0.25) is 0 Å². The van der Waals surface area contributed by atoms with Crippen LogP contribution in [0.2, 0.25) is 0 Å². The first kappa shape index (κ1) is 21.6. The van der Waals surface area contributed by atoms with Crippen LogP contribution in [0, 0.1) is 18.8 Å². The van der Waals surface area contributed by atoms with E-state index >= 15 is 0 Å².